The second-order valence-electron chi connectivity index (χ2n) is 14.2. The molecule has 0 amide bonds. The van der Waals surface area contributed by atoms with Crippen molar-refractivity contribution in [3.05, 3.63) is 23.3 Å². The Kier molecular flexibility index (Phi) is 6.74. The average molecular weight is 469 g/mol. The van der Waals surface area contributed by atoms with Crippen molar-refractivity contribution in [2.24, 2.45) is 45.3 Å². The molecule has 34 heavy (non-hydrogen) atoms. The molecular weight excluding hydrogens is 416 g/mol. The highest BCUT2D eigenvalue weighted by molar-refractivity contribution is 5.66. The quantitative estimate of drug-likeness (QED) is 0.297. The van der Waals surface area contributed by atoms with Crippen LogP contribution in [-0.2, 0) is 9.53 Å². The summed E-state index contributed by atoms with van der Waals surface area (Å²) in [4.78, 5) is 11.8. The molecule has 0 radical (unpaired) electrons. The van der Waals surface area contributed by atoms with Crippen molar-refractivity contribution in [2.45, 2.75) is 126 Å². The van der Waals surface area contributed by atoms with Crippen molar-refractivity contribution in [2.75, 3.05) is 0 Å². The first-order chi connectivity index (χ1) is 15.8. The number of allylic oxidation sites excluding steroid dienone is 4. The minimum absolute atomic E-state index is 0.0315. The zero-order valence-corrected chi connectivity index (χ0v) is 23.7. The molecule has 0 aromatic rings. The summed E-state index contributed by atoms with van der Waals surface area (Å²) in [6.45, 7) is 21.2. The molecule has 3 saturated carbocycles. The SMILES string of the molecule is CC(=O)O[C@H]1CC[C@]2(C)C3=CC[C@]4(C)[C@@H]([C@H](C)CCC=C(C)C)CC[C@@]4(C)[C@@H]3CCC2C1(C)C. The van der Waals surface area contributed by atoms with Crippen LogP contribution in [0.1, 0.15) is 120 Å². The van der Waals surface area contributed by atoms with Crippen LogP contribution in [0.2, 0.25) is 0 Å². The maximum Gasteiger partial charge on any atom is 0.302 e. The fourth-order valence-corrected chi connectivity index (χ4v) is 9.90. The van der Waals surface area contributed by atoms with Crippen LogP contribution in [-0.4, -0.2) is 12.1 Å². The second-order valence-corrected chi connectivity index (χ2v) is 14.2. The van der Waals surface area contributed by atoms with Gasteiger partial charge in [0.05, 0.1) is 0 Å². The predicted molar refractivity (Wildman–Crippen MR) is 142 cm³/mol. The molecular formula is C32H52O2. The summed E-state index contributed by atoms with van der Waals surface area (Å²) in [6.07, 6.45) is 16.6. The predicted octanol–water partition coefficient (Wildman–Crippen LogP) is 8.91. The molecule has 0 aromatic carbocycles. The van der Waals surface area contributed by atoms with Crippen LogP contribution in [0.5, 0.6) is 0 Å². The summed E-state index contributed by atoms with van der Waals surface area (Å²) in [5.41, 5.74) is 4.35. The first kappa shape index (κ1) is 26.0. The van der Waals surface area contributed by atoms with Crippen LogP contribution in [0, 0.1) is 45.3 Å². The molecule has 0 heterocycles. The standard InChI is InChI=1S/C32H52O2/c1-21(2)11-10-12-22(3)24-15-19-32(9)26-13-14-27-29(5,6)28(34-23(4)33)17-18-30(27,7)25(26)16-20-31(24,32)8/h11,16,22,24,26-28H,10,12-15,17-20H2,1-9H3/t22-,24-,26-,27?,28+,30-,31-,32+/m1/s1. The van der Waals surface area contributed by atoms with Crippen molar-refractivity contribution in [1.29, 1.82) is 0 Å². The Balaban J connectivity index is 1.61. The Morgan fingerprint density at radius 2 is 1.74 bits per heavy atom. The number of esters is 1. The van der Waals surface area contributed by atoms with Gasteiger partial charge in [0.25, 0.3) is 0 Å². The summed E-state index contributed by atoms with van der Waals surface area (Å²) >= 11 is 0. The number of hydrogen-bond donors (Lipinski definition) is 0. The Labute approximate surface area is 210 Å². The van der Waals surface area contributed by atoms with Gasteiger partial charge in [-0.3, -0.25) is 4.79 Å². The highest BCUT2D eigenvalue weighted by Crippen LogP contribution is 2.73. The van der Waals surface area contributed by atoms with Gasteiger partial charge in [0, 0.05) is 12.3 Å². The van der Waals surface area contributed by atoms with E-state index in [-0.39, 0.29) is 22.9 Å². The third-order valence-corrected chi connectivity index (χ3v) is 12.0. The van der Waals surface area contributed by atoms with Crippen LogP contribution in [0.4, 0.5) is 0 Å². The maximum atomic E-state index is 11.8. The number of carbonyl (C=O) groups excluding carboxylic acids is 1. The summed E-state index contributed by atoms with van der Waals surface area (Å²) in [7, 11) is 0. The lowest BCUT2D eigenvalue weighted by Crippen LogP contribution is -2.58. The van der Waals surface area contributed by atoms with E-state index < -0.39 is 0 Å². The topological polar surface area (TPSA) is 26.3 Å². The Morgan fingerprint density at radius 3 is 2.38 bits per heavy atom. The monoisotopic (exact) mass is 468 g/mol. The number of hydrogen-bond acceptors (Lipinski definition) is 2. The van der Waals surface area contributed by atoms with Crippen molar-refractivity contribution in [1.82, 2.24) is 0 Å². The fourth-order valence-electron chi connectivity index (χ4n) is 9.90. The van der Waals surface area contributed by atoms with E-state index in [1.165, 1.54) is 50.5 Å². The number of fused-ring (bicyclic) bond motifs is 5. The summed E-state index contributed by atoms with van der Waals surface area (Å²) in [6, 6.07) is 0. The van der Waals surface area contributed by atoms with E-state index >= 15 is 0 Å². The zero-order chi connectivity index (χ0) is 25.1. The molecule has 0 N–H and O–H groups in total. The van der Waals surface area contributed by atoms with Crippen LogP contribution in [0.25, 0.3) is 0 Å². The van der Waals surface area contributed by atoms with Gasteiger partial charge in [0.2, 0.25) is 0 Å². The van der Waals surface area contributed by atoms with Gasteiger partial charge in [-0.1, -0.05) is 64.8 Å². The van der Waals surface area contributed by atoms with Crippen LogP contribution in [0.3, 0.4) is 0 Å². The van der Waals surface area contributed by atoms with Gasteiger partial charge in [-0.15, -0.1) is 0 Å². The van der Waals surface area contributed by atoms with Crippen molar-refractivity contribution < 1.29 is 9.53 Å². The summed E-state index contributed by atoms with van der Waals surface area (Å²) in [5, 5.41) is 0. The van der Waals surface area contributed by atoms with Crippen LogP contribution < -0.4 is 0 Å². The van der Waals surface area contributed by atoms with Gasteiger partial charge in [0.15, 0.2) is 0 Å². The average Bonchev–Trinajstić information content (AvgIpc) is 3.01. The van der Waals surface area contributed by atoms with Gasteiger partial charge in [-0.05, 0) is 112 Å². The molecule has 0 saturated heterocycles. The zero-order valence-electron chi connectivity index (χ0n) is 23.7. The number of rotatable bonds is 5. The molecule has 3 fully saturated rings. The molecule has 0 aromatic heterocycles. The number of ether oxygens (including phenoxy) is 1. The number of carbonyl (C=O) groups is 1. The molecule has 0 aliphatic heterocycles. The third kappa shape index (κ3) is 3.85. The molecule has 1 unspecified atom stereocenters. The van der Waals surface area contributed by atoms with E-state index in [4.69, 9.17) is 4.74 Å². The third-order valence-electron chi connectivity index (χ3n) is 12.0. The van der Waals surface area contributed by atoms with E-state index in [2.05, 4.69) is 67.5 Å². The molecule has 0 bridgehead atoms. The molecule has 2 nitrogen and oxygen atoms in total. The van der Waals surface area contributed by atoms with Crippen molar-refractivity contribution >= 4 is 5.97 Å². The van der Waals surface area contributed by atoms with E-state index in [1.807, 2.05) is 0 Å². The van der Waals surface area contributed by atoms with Crippen molar-refractivity contribution in [3.8, 4) is 0 Å². The van der Waals surface area contributed by atoms with Gasteiger partial charge < -0.3 is 4.74 Å². The largest absolute Gasteiger partial charge is 0.462 e. The Hall–Kier alpha value is -1.05. The highest BCUT2D eigenvalue weighted by atomic mass is 16.5. The smallest absolute Gasteiger partial charge is 0.302 e. The lowest BCUT2D eigenvalue weighted by atomic mass is 9.41. The van der Waals surface area contributed by atoms with Gasteiger partial charge >= 0.3 is 5.97 Å². The van der Waals surface area contributed by atoms with Gasteiger partial charge in [-0.25, -0.2) is 0 Å². The molecule has 192 valence electrons. The lowest BCUT2D eigenvalue weighted by molar-refractivity contribution is -0.170. The van der Waals surface area contributed by atoms with E-state index in [1.54, 1.807) is 12.5 Å². The second kappa shape index (κ2) is 8.81. The molecule has 2 heteroatoms. The maximum absolute atomic E-state index is 11.8. The van der Waals surface area contributed by atoms with E-state index in [0.717, 1.165) is 30.6 Å². The van der Waals surface area contributed by atoms with Crippen molar-refractivity contribution in [3.63, 3.8) is 0 Å². The summed E-state index contributed by atoms with van der Waals surface area (Å²) < 4.78 is 5.87. The molecule has 4 rings (SSSR count). The Morgan fingerprint density at radius 1 is 1.03 bits per heavy atom. The van der Waals surface area contributed by atoms with Crippen LogP contribution in [0.15, 0.2) is 23.3 Å². The van der Waals surface area contributed by atoms with E-state index in [0.29, 0.717) is 16.7 Å². The molecule has 4 aliphatic carbocycles. The van der Waals surface area contributed by atoms with Gasteiger partial charge in [0.1, 0.15) is 6.10 Å². The van der Waals surface area contributed by atoms with Crippen LogP contribution >= 0.6 is 0 Å². The minimum atomic E-state index is -0.119. The first-order valence-electron chi connectivity index (χ1n) is 14.3. The molecule has 8 atom stereocenters. The molecule has 4 aliphatic rings. The normalized spacial score (nSPS) is 43.6. The Bertz CT molecular complexity index is 860. The fraction of sp³-hybridized carbons (Fsp3) is 0.844. The first-order valence-corrected chi connectivity index (χ1v) is 14.3. The lowest BCUT2D eigenvalue weighted by Gasteiger charge is -2.64. The highest BCUT2D eigenvalue weighted by Gasteiger charge is 2.65. The molecule has 0 spiro atoms. The minimum Gasteiger partial charge on any atom is -0.462 e. The summed E-state index contributed by atoms with van der Waals surface area (Å²) in [5.74, 6) is 2.83. The van der Waals surface area contributed by atoms with Gasteiger partial charge in [-0.2, -0.15) is 0 Å². The van der Waals surface area contributed by atoms with E-state index in [9.17, 15) is 4.79 Å².